The number of fused-ring (bicyclic) bond motifs is 1. The zero-order valence-corrected chi connectivity index (χ0v) is 25.6. The number of hydrogen-bond donors (Lipinski definition) is 5. The molecule has 0 aromatic heterocycles. The van der Waals surface area contributed by atoms with Gasteiger partial charge < -0.3 is 9.84 Å². The fourth-order valence-electron chi connectivity index (χ4n) is 7.26. The SMILES string of the molecule is CC1CCC(N=NC2C(OS(=O)O)CC3CC(S(=O)(=O)O)CC(NCOC4CCCCC4)C3C2O)C(S(=O)(=O)O)C1. The molecule has 4 aliphatic rings. The van der Waals surface area contributed by atoms with Gasteiger partial charge in [0.1, 0.15) is 17.4 Å². The predicted molar refractivity (Wildman–Crippen MR) is 148 cm³/mol. The van der Waals surface area contributed by atoms with Crippen LogP contribution in [0.3, 0.4) is 0 Å². The Morgan fingerprint density at radius 3 is 2.27 bits per heavy atom. The van der Waals surface area contributed by atoms with Gasteiger partial charge in [-0.3, -0.25) is 23.2 Å². The van der Waals surface area contributed by atoms with Gasteiger partial charge in [0.25, 0.3) is 20.2 Å². The van der Waals surface area contributed by atoms with E-state index in [0.29, 0.717) is 12.8 Å². The van der Waals surface area contributed by atoms with Crippen molar-refractivity contribution in [1.82, 2.24) is 5.32 Å². The van der Waals surface area contributed by atoms with E-state index in [2.05, 4.69) is 15.5 Å². The van der Waals surface area contributed by atoms with E-state index < -0.39 is 84.3 Å². The Bertz CT molecular complexity index is 1150. The van der Waals surface area contributed by atoms with E-state index in [1.54, 1.807) is 0 Å². The van der Waals surface area contributed by atoms with Crippen molar-refractivity contribution in [2.24, 2.45) is 28.0 Å². The Balaban J connectivity index is 1.57. The van der Waals surface area contributed by atoms with Gasteiger partial charge in [-0.05, 0) is 63.2 Å². The molecule has 11 unspecified atom stereocenters. The molecule has 41 heavy (non-hydrogen) atoms. The van der Waals surface area contributed by atoms with Gasteiger partial charge >= 0.3 is 11.4 Å². The molecular weight excluding hydrogens is 602 g/mol. The number of azo groups is 1. The van der Waals surface area contributed by atoms with Gasteiger partial charge in [-0.25, -0.2) is 0 Å². The molecule has 5 N–H and O–H groups in total. The Labute approximate surface area is 244 Å². The average Bonchev–Trinajstić information content (AvgIpc) is 2.88. The number of nitrogens with zero attached hydrogens (tertiary/aromatic N) is 2. The highest BCUT2D eigenvalue weighted by Crippen LogP contribution is 2.45. The Morgan fingerprint density at radius 2 is 1.63 bits per heavy atom. The summed E-state index contributed by atoms with van der Waals surface area (Å²) in [5, 5.41) is 21.0. The maximum absolute atomic E-state index is 12.2. The third kappa shape index (κ3) is 8.73. The van der Waals surface area contributed by atoms with Gasteiger partial charge in [-0.2, -0.15) is 31.3 Å². The topological polar surface area (TPSA) is 221 Å². The Hall–Kier alpha value is -0.630. The standard InChI is InChI=1S/C24H43N3O11S3/c1-14-7-8-18(21(9-14)41(34,35)36)26-27-23-20(38-39(29)30)11-15-10-17(40(31,32)33)12-19(22(15)24(23)28)25-13-37-16-5-3-2-4-6-16/h14-25,28H,2-13H2,1H3,(H,29,30)(H,31,32,33)(H,34,35,36). The summed E-state index contributed by atoms with van der Waals surface area (Å²) in [6.07, 6.45) is 4.09. The summed E-state index contributed by atoms with van der Waals surface area (Å²) in [5.74, 6) is -1.04. The van der Waals surface area contributed by atoms with E-state index in [1.165, 1.54) is 0 Å². The van der Waals surface area contributed by atoms with Gasteiger partial charge in [0.05, 0.1) is 30.2 Å². The minimum absolute atomic E-state index is 0.00928. The summed E-state index contributed by atoms with van der Waals surface area (Å²) >= 11 is -2.74. The molecule has 0 aliphatic heterocycles. The van der Waals surface area contributed by atoms with Crippen LogP contribution < -0.4 is 5.32 Å². The van der Waals surface area contributed by atoms with Crippen molar-refractivity contribution in [3.63, 3.8) is 0 Å². The van der Waals surface area contributed by atoms with Crippen LogP contribution in [0.1, 0.15) is 77.6 Å². The largest absolute Gasteiger partial charge is 0.390 e. The fourth-order valence-corrected chi connectivity index (χ4v) is 9.76. The van der Waals surface area contributed by atoms with Crippen LogP contribution in [0.25, 0.3) is 0 Å². The summed E-state index contributed by atoms with van der Waals surface area (Å²) in [6, 6.07) is -2.61. The summed E-state index contributed by atoms with van der Waals surface area (Å²) in [5.41, 5.74) is 0. The molecular formula is C24H43N3O11S3. The molecule has 4 aliphatic carbocycles. The first-order valence-electron chi connectivity index (χ1n) is 14.4. The molecule has 11 atom stereocenters. The minimum atomic E-state index is -4.42. The van der Waals surface area contributed by atoms with Crippen LogP contribution in [-0.4, -0.2) is 93.5 Å². The molecule has 4 rings (SSSR count). The zero-order chi connectivity index (χ0) is 29.9. The Morgan fingerprint density at radius 1 is 0.927 bits per heavy atom. The molecule has 0 saturated heterocycles. The van der Waals surface area contributed by atoms with Gasteiger partial charge in [0, 0.05) is 12.0 Å². The molecule has 4 saturated carbocycles. The highest BCUT2D eigenvalue weighted by atomic mass is 32.2. The number of nitrogens with one attached hydrogen (secondary N) is 1. The van der Waals surface area contributed by atoms with E-state index in [9.17, 15) is 39.8 Å². The van der Waals surface area contributed by atoms with Crippen molar-refractivity contribution in [3.05, 3.63) is 0 Å². The van der Waals surface area contributed by atoms with Crippen molar-refractivity contribution in [1.29, 1.82) is 0 Å². The zero-order valence-electron chi connectivity index (χ0n) is 23.1. The summed E-state index contributed by atoms with van der Waals surface area (Å²) in [6.45, 7) is 2.00. The van der Waals surface area contributed by atoms with Gasteiger partial charge in [-0.15, -0.1) is 0 Å². The van der Waals surface area contributed by atoms with Crippen LogP contribution in [0.2, 0.25) is 0 Å². The van der Waals surface area contributed by atoms with Gasteiger partial charge in [0.2, 0.25) is 0 Å². The van der Waals surface area contributed by atoms with E-state index in [-0.39, 0.29) is 44.4 Å². The van der Waals surface area contributed by atoms with Crippen molar-refractivity contribution >= 4 is 31.6 Å². The van der Waals surface area contributed by atoms with E-state index in [1.807, 2.05) is 6.92 Å². The molecule has 14 nitrogen and oxygen atoms in total. The highest BCUT2D eigenvalue weighted by Gasteiger charge is 2.53. The second-order valence-electron chi connectivity index (χ2n) is 12.2. The smallest absolute Gasteiger partial charge is 0.302 e. The summed E-state index contributed by atoms with van der Waals surface area (Å²) < 4.78 is 100. The highest BCUT2D eigenvalue weighted by molar-refractivity contribution is 7.86. The lowest BCUT2D eigenvalue weighted by molar-refractivity contribution is -0.0754. The maximum Gasteiger partial charge on any atom is 0.302 e. The minimum Gasteiger partial charge on any atom is -0.390 e. The Kier molecular flexibility index (Phi) is 11.4. The average molecular weight is 646 g/mol. The monoisotopic (exact) mass is 645 g/mol. The van der Waals surface area contributed by atoms with Gasteiger partial charge in [0.15, 0.2) is 0 Å². The number of aliphatic hydroxyl groups is 1. The molecule has 0 aromatic carbocycles. The molecule has 0 aromatic rings. The molecule has 0 radical (unpaired) electrons. The van der Waals surface area contributed by atoms with E-state index in [0.717, 1.165) is 32.1 Å². The third-order valence-corrected chi connectivity index (χ3v) is 12.3. The van der Waals surface area contributed by atoms with Crippen molar-refractivity contribution in [2.75, 3.05) is 6.73 Å². The van der Waals surface area contributed by atoms with Crippen LogP contribution in [-0.2, 0) is 40.5 Å². The summed E-state index contributed by atoms with van der Waals surface area (Å²) in [4.78, 5) is 0. The number of aliphatic hydroxyl groups excluding tert-OH is 1. The van der Waals surface area contributed by atoms with Crippen LogP contribution in [0.5, 0.6) is 0 Å². The first-order valence-corrected chi connectivity index (χ1v) is 18.4. The van der Waals surface area contributed by atoms with E-state index >= 15 is 0 Å². The number of hydrogen-bond acceptors (Lipinski definition) is 11. The quantitative estimate of drug-likeness (QED) is 0.0997. The second kappa shape index (κ2) is 14.0. The van der Waals surface area contributed by atoms with Crippen LogP contribution in [0.15, 0.2) is 10.2 Å². The number of rotatable bonds is 10. The molecule has 0 heterocycles. The predicted octanol–water partition coefficient (Wildman–Crippen LogP) is 2.09. The molecule has 17 heteroatoms. The molecule has 0 bridgehead atoms. The first kappa shape index (κ1) is 33.3. The normalized spacial score (nSPS) is 40.3. The molecule has 0 amide bonds. The number of ether oxygens (including phenoxy) is 1. The lowest BCUT2D eigenvalue weighted by atomic mass is 9.64. The van der Waals surface area contributed by atoms with Gasteiger partial charge in [-0.1, -0.05) is 26.2 Å². The van der Waals surface area contributed by atoms with Crippen molar-refractivity contribution < 1.29 is 48.7 Å². The first-order chi connectivity index (χ1) is 19.2. The lowest BCUT2D eigenvalue weighted by Gasteiger charge is -2.49. The van der Waals surface area contributed by atoms with Crippen LogP contribution in [0, 0.1) is 17.8 Å². The molecule has 0 spiro atoms. The third-order valence-electron chi connectivity index (χ3n) is 9.35. The van der Waals surface area contributed by atoms with Crippen LogP contribution >= 0.6 is 0 Å². The fraction of sp³-hybridized carbons (Fsp3) is 1.00. The van der Waals surface area contributed by atoms with Crippen molar-refractivity contribution in [3.8, 4) is 0 Å². The summed E-state index contributed by atoms with van der Waals surface area (Å²) in [7, 11) is -8.83. The lowest BCUT2D eigenvalue weighted by Crippen LogP contribution is -2.61. The van der Waals surface area contributed by atoms with Crippen LogP contribution in [0.4, 0.5) is 0 Å². The molecule has 4 fully saturated rings. The maximum atomic E-state index is 12.2. The second-order valence-corrected chi connectivity index (χ2v) is 16.1. The molecule has 238 valence electrons. The van der Waals surface area contributed by atoms with Crippen molar-refractivity contribution in [2.45, 2.75) is 124 Å². The van der Waals surface area contributed by atoms with E-state index in [4.69, 9.17) is 8.92 Å².